The quantitative estimate of drug-likeness (QED) is 0.312. The van der Waals surface area contributed by atoms with E-state index in [1.807, 2.05) is 0 Å². The first-order valence-electron chi connectivity index (χ1n) is 3.48. The molecule has 0 spiro atoms. The maximum absolute atomic E-state index is 9.21. The summed E-state index contributed by atoms with van der Waals surface area (Å²) < 4.78 is 0. The maximum Gasteiger partial charge on any atom is 0.0971 e. The van der Waals surface area contributed by atoms with Crippen LogP contribution in [0.15, 0.2) is 0 Å². The lowest BCUT2D eigenvalue weighted by molar-refractivity contribution is -0.00798. The van der Waals surface area contributed by atoms with Crippen molar-refractivity contribution in [3.8, 4) is 0 Å². The molecule has 2 fully saturated rings. The zero-order valence-electron chi connectivity index (χ0n) is 5.44. The van der Waals surface area contributed by atoms with Crippen molar-refractivity contribution in [1.29, 1.82) is 0 Å². The Morgan fingerprint density at radius 2 is 1.80 bits per heavy atom. The standard InChI is InChI=1S/C6H11NO3/c8-1-2-3-4(7-3)6(10)5(2)9/h2-10H,1H2/t2-,3+,4+,5-,6-/m1/s1. The normalized spacial score (nSPS) is 58.5. The molecule has 1 saturated heterocycles. The Bertz CT molecular complexity index is 152. The number of nitrogens with one attached hydrogen (secondary N) is 1. The summed E-state index contributed by atoms with van der Waals surface area (Å²) in [6, 6.07) is 0.183. The van der Waals surface area contributed by atoms with Crippen molar-refractivity contribution in [2.24, 2.45) is 5.92 Å². The van der Waals surface area contributed by atoms with Crippen molar-refractivity contribution in [3.63, 3.8) is 0 Å². The third-order valence-electron chi connectivity index (χ3n) is 2.49. The molecule has 1 aliphatic carbocycles. The fourth-order valence-corrected chi connectivity index (χ4v) is 1.77. The Labute approximate surface area is 58.5 Å². The van der Waals surface area contributed by atoms with Gasteiger partial charge in [0.1, 0.15) is 0 Å². The minimum atomic E-state index is -0.735. The molecular weight excluding hydrogens is 134 g/mol. The SMILES string of the molecule is OC[C@H]1[C@@H](O)[C@H](O)[C@H]2N[C@@H]12. The average Bonchev–Trinajstić information content (AvgIpc) is 2.63. The minimum absolute atomic E-state index is 0.0344. The van der Waals surface area contributed by atoms with E-state index < -0.39 is 12.2 Å². The molecule has 4 N–H and O–H groups in total. The smallest absolute Gasteiger partial charge is 0.0971 e. The third-order valence-corrected chi connectivity index (χ3v) is 2.49. The Morgan fingerprint density at radius 3 is 2.10 bits per heavy atom. The van der Waals surface area contributed by atoms with Gasteiger partial charge < -0.3 is 20.6 Å². The van der Waals surface area contributed by atoms with E-state index >= 15 is 0 Å². The van der Waals surface area contributed by atoms with Crippen LogP contribution in [0.2, 0.25) is 0 Å². The van der Waals surface area contributed by atoms with Gasteiger partial charge in [0.05, 0.1) is 24.9 Å². The summed E-state index contributed by atoms with van der Waals surface area (Å²) in [6.07, 6.45) is -1.41. The molecule has 10 heavy (non-hydrogen) atoms. The average molecular weight is 145 g/mol. The molecule has 1 heterocycles. The zero-order chi connectivity index (χ0) is 7.30. The number of aliphatic hydroxyl groups excluding tert-OH is 3. The van der Waals surface area contributed by atoms with Crippen LogP contribution in [0.4, 0.5) is 0 Å². The highest BCUT2D eigenvalue weighted by Crippen LogP contribution is 2.36. The van der Waals surface area contributed by atoms with Crippen LogP contribution < -0.4 is 5.32 Å². The molecule has 4 nitrogen and oxygen atoms in total. The van der Waals surface area contributed by atoms with Gasteiger partial charge in [-0.15, -0.1) is 0 Å². The second-order valence-electron chi connectivity index (χ2n) is 3.05. The van der Waals surface area contributed by atoms with Crippen molar-refractivity contribution in [2.45, 2.75) is 24.3 Å². The Balaban J connectivity index is 2.09. The van der Waals surface area contributed by atoms with Crippen LogP contribution >= 0.6 is 0 Å². The maximum atomic E-state index is 9.21. The first-order valence-corrected chi connectivity index (χ1v) is 3.48. The zero-order valence-corrected chi connectivity index (χ0v) is 5.44. The molecule has 0 amide bonds. The second-order valence-corrected chi connectivity index (χ2v) is 3.05. The van der Waals surface area contributed by atoms with Crippen molar-refractivity contribution in [2.75, 3.05) is 6.61 Å². The lowest BCUT2D eigenvalue weighted by atomic mass is 10.1. The van der Waals surface area contributed by atoms with E-state index in [0.717, 1.165) is 0 Å². The van der Waals surface area contributed by atoms with E-state index in [-0.39, 0.29) is 24.6 Å². The molecule has 0 aromatic rings. The number of piperidine rings is 1. The number of hydrogen-bond donors (Lipinski definition) is 4. The Morgan fingerprint density at radius 1 is 1.10 bits per heavy atom. The van der Waals surface area contributed by atoms with Crippen LogP contribution in [0.3, 0.4) is 0 Å². The van der Waals surface area contributed by atoms with Gasteiger partial charge in [-0.3, -0.25) is 0 Å². The number of hydrogen-bond acceptors (Lipinski definition) is 4. The van der Waals surface area contributed by atoms with Gasteiger partial charge in [-0.1, -0.05) is 0 Å². The van der Waals surface area contributed by atoms with Gasteiger partial charge in [0.25, 0.3) is 0 Å². The molecule has 4 heteroatoms. The van der Waals surface area contributed by atoms with Crippen LogP contribution in [-0.4, -0.2) is 46.2 Å². The highest BCUT2D eigenvalue weighted by atomic mass is 16.3. The molecule has 0 bridgehead atoms. The van der Waals surface area contributed by atoms with E-state index in [0.29, 0.717) is 0 Å². The molecule has 1 saturated carbocycles. The van der Waals surface area contributed by atoms with Crippen LogP contribution in [0.25, 0.3) is 0 Å². The first-order chi connectivity index (χ1) is 4.75. The topological polar surface area (TPSA) is 82.6 Å². The van der Waals surface area contributed by atoms with E-state index in [2.05, 4.69) is 5.32 Å². The molecule has 5 atom stereocenters. The summed E-state index contributed by atoms with van der Waals surface area (Å²) in [5, 5.41) is 30.1. The summed E-state index contributed by atoms with van der Waals surface area (Å²) in [5.74, 6) is -0.167. The highest BCUT2D eigenvalue weighted by Gasteiger charge is 2.58. The Hall–Kier alpha value is -0.160. The second kappa shape index (κ2) is 1.92. The van der Waals surface area contributed by atoms with Crippen molar-refractivity contribution < 1.29 is 15.3 Å². The molecule has 0 radical (unpaired) electrons. The lowest BCUT2D eigenvalue weighted by Gasteiger charge is -2.17. The van der Waals surface area contributed by atoms with Gasteiger partial charge in [-0.2, -0.15) is 0 Å². The molecule has 0 aromatic heterocycles. The van der Waals surface area contributed by atoms with Gasteiger partial charge in [0.15, 0.2) is 0 Å². The summed E-state index contributed by atoms with van der Waals surface area (Å²) in [7, 11) is 0. The van der Waals surface area contributed by atoms with Crippen LogP contribution in [-0.2, 0) is 0 Å². The molecular formula is C6H11NO3. The van der Waals surface area contributed by atoms with E-state index in [4.69, 9.17) is 5.11 Å². The number of fused-ring (bicyclic) bond motifs is 1. The van der Waals surface area contributed by atoms with Gasteiger partial charge in [0, 0.05) is 12.0 Å². The molecule has 0 unspecified atom stereocenters. The summed E-state index contributed by atoms with van der Waals surface area (Å²) in [6.45, 7) is -0.0492. The van der Waals surface area contributed by atoms with Gasteiger partial charge in [-0.25, -0.2) is 0 Å². The fraction of sp³-hybridized carbons (Fsp3) is 1.00. The number of aliphatic hydroxyl groups is 3. The molecule has 1 aliphatic heterocycles. The van der Waals surface area contributed by atoms with E-state index in [1.54, 1.807) is 0 Å². The molecule has 0 aromatic carbocycles. The minimum Gasteiger partial charge on any atom is -0.396 e. The van der Waals surface area contributed by atoms with Crippen LogP contribution in [0.5, 0.6) is 0 Å². The number of rotatable bonds is 1. The summed E-state index contributed by atoms with van der Waals surface area (Å²) in [4.78, 5) is 0. The van der Waals surface area contributed by atoms with Crippen molar-refractivity contribution in [1.82, 2.24) is 5.32 Å². The molecule has 58 valence electrons. The summed E-state index contributed by atoms with van der Waals surface area (Å²) >= 11 is 0. The van der Waals surface area contributed by atoms with E-state index in [9.17, 15) is 10.2 Å². The Kier molecular flexibility index (Phi) is 1.25. The van der Waals surface area contributed by atoms with Crippen molar-refractivity contribution in [3.05, 3.63) is 0 Å². The van der Waals surface area contributed by atoms with Crippen LogP contribution in [0, 0.1) is 5.92 Å². The van der Waals surface area contributed by atoms with Crippen LogP contribution in [0.1, 0.15) is 0 Å². The van der Waals surface area contributed by atoms with Gasteiger partial charge in [-0.05, 0) is 0 Å². The van der Waals surface area contributed by atoms with Gasteiger partial charge >= 0.3 is 0 Å². The fourth-order valence-electron chi connectivity index (χ4n) is 1.77. The third kappa shape index (κ3) is 0.645. The largest absolute Gasteiger partial charge is 0.396 e. The summed E-state index contributed by atoms with van der Waals surface area (Å²) in [5.41, 5.74) is 0. The predicted molar refractivity (Wildman–Crippen MR) is 33.3 cm³/mol. The highest BCUT2D eigenvalue weighted by molar-refractivity contribution is 5.16. The molecule has 2 rings (SSSR count). The van der Waals surface area contributed by atoms with Gasteiger partial charge in [0.2, 0.25) is 0 Å². The van der Waals surface area contributed by atoms with E-state index in [1.165, 1.54) is 0 Å². The predicted octanol–water partition coefficient (Wildman–Crippen LogP) is -2.33. The molecule has 2 aliphatic rings. The lowest BCUT2D eigenvalue weighted by Crippen LogP contribution is -2.36. The first kappa shape index (κ1) is 6.54. The van der Waals surface area contributed by atoms with Crippen molar-refractivity contribution >= 4 is 0 Å². The monoisotopic (exact) mass is 145 g/mol.